The zero-order valence-corrected chi connectivity index (χ0v) is 18.4. The molecule has 4 rings (SSSR count). The normalized spacial score (nSPS) is 20.3. The number of rotatable bonds is 6. The number of hydrazine groups is 1. The molecule has 8 nitrogen and oxygen atoms in total. The van der Waals surface area contributed by atoms with Crippen LogP contribution in [0, 0.1) is 5.92 Å². The Labute approximate surface area is 189 Å². The average molecular weight is 460 g/mol. The van der Waals surface area contributed by atoms with Gasteiger partial charge in [0.05, 0.1) is 24.5 Å². The van der Waals surface area contributed by atoms with Gasteiger partial charge in [0.2, 0.25) is 11.8 Å². The van der Waals surface area contributed by atoms with Gasteiger partial charge in [0, 0.05) is 18.1 Å². The molecule has 2 atom stereocenters. The van der Waals surface area contributed by atoms with Crippen LogP contribution in [0.15, 0.2) is 53.5 Å². The van der Waals surface area contributed by atoms with Gasteiger partial charge in [0.25, 0.3) is 0 Å². The molecule has 1 saturated heterocycles. The van der Waals surface area contributed by atoms with E-state index < -0.39 is 0 Å². The van der Waals surface area contributed by atoms with Crippen molar-refractivity contribution < 1.29 is 14.3 Å². The average Bonchev–Trinajstić information content (AvgIpc) is 3.26. The van der Waals surface area contributed by atoms with Gasteiger partial charge in [-0.15, -0.1) is 0 Å². The topological polar surface area (TPSA) is 95.1 Å². The fraction of sp³-hybridized carbons (Fsp3) is 0.286. The molecule has 2 aliphatic heterocycles. The van der Waals surface area contributed by atoms with Crippen LogP contribution in [0.1, 0.15) is 5.56 Å². The number of nitrogens with one attached hydrogen (secondary N) is 3. The summed E-state index contributed by atoms with van der Waals surface area (Å²) in [6.07, 6.45) is -0.348. The molecule has 0 aliphatic carbocycles. The summed E-state index contributed by atoms with van der Waals surface area (Å²) < 4.78 is 5.21. The summed E-state index contributed by atoms with van der Waals surface area (Å²) >= 11 is 7.21. The first kappa shape index (κ1) is 21.6. The maximum Gasteiger partial charge on any atom is 0.241 e. The van der Waals surface area contributed by atoms with Gasteiger partial charge in [-0.1, -0.05) is 35.5 Å². The molecule has 1 fully saturated rings. The Morgan fingerprint density at radius 2 is 2.13 bits per heavy atom. The van der Waals surface area contributed by atoms with E-state index in [-0.39, 0.29) is 29.7 Å². The van der Waals surface area contributed by atoms with Crippen LogP contribution in [0.4, 0.5) is 5.69 Å². The van der Waals surface area contributed by atoms with Gasteiger partial charge >= 0.3 is 0 Å². The van der Waals surface area contributed by atoms with Crippen molar-refractivity contribution in [1.29, 1.82) is 0 Å². The van der Waals surface area contributed by atoms with Crippen LogP contribution in [0.25, 0.3) is 0 Å². The summed E-state index contributed by atoms with van der Waals surface area (Å²) in [6, 6.07) is 14.5. The van der Waals surface area contributed by atoms with Crippen LogP contribution >= 0.6 is 23.4 Å². The number of aliphatic imine (C=N–C) groups is 1. The molecule has 31 heavy (non-hydrogen) atoms. The Kier molecular flexibility index (Phi) is 6.77. The number of carbonyl (C=O) groups excluding carboxylic acids is 2. The van der Waals surface area contributed by atoms with Crippen molar-refractivity contribution in [3.8, 4) is 5.75 Å². The lowest BCUT2D eigenvalue weighted by molar-refractivity contribution is -0.121. The molecule has 0 aromatic heterocycles. The van der Waals surface area contributed by atoms with E-state index >= 15 is 0 Å². The number of nitrogens with zero attached hydrogens (tertiary/aromatic N) is 2. The minimum absolute atomic E-state index is 0.0653. The molecule has 162 valence electrons. The van der Waals surface area contributed by atoms with E-state index in [9.17, 15) is 9.59 Å². The van der Waals surface area contributed by atoms with Gasteiger partial charge < -0.3 is 10.1 Å². The number of amides is 2. The molecular weight excluding hydrogens is 438 g/mol. The Balaban J connectivity index is 1.45. The number of fused-ring (bicyclic) bond motifs is 1. The maximum atomic E-state index is 13.2. The van der Waals surface area contributed by atoms with E-state index in [2.05, 4.69) is 21.2 Å². The van der Waals surface area contributed by atoms with Gasteiger partial charge in [-0.3, -0.25) is 19.9 Å². The smallest absolute Gasteiger partial charge is 0.241 e. The number of methoxy groups -OCH3 is 1. The van der Waals surface area contributed by atoms with E-state index in [1.165, 1.54) is 11.8 Å². The lowest BCUT2D eigenvalue weighted by Crippen LogP contribution is -2.49. The highest BCUT2D eigenvalue weighted by Crippen LogP contribution is 2.30. The summed E-state index contributed by atoms with van der Waals surface area (Å²) in [6.45, 7) is 0.876. The Bertz CT molecular complexity index is 1000. The van der Waals surface area contributed by atoms with Gasteiger partial charge in [-0.2, -0.15) is 0 Å². The number of thioether (sulfide) groups is 1. The van der Waals surface area contributed by atoms with Gasteiger partial charge in [-0.05, 0) is 42.0 Å². The summed E-state index contributed by atoms with van der Waals surface area (Å²) in [4.78, 5) is 31.8. The van der Waals surface area contributed by atoms with Crippen molar-refractivity contribution in [3.63, 3.8) is 0 Å². The zero-order valence-electron chi connectivity index (χ0n) is 16.8. The third-order valence-corrected chi connectivity index (χ3v) is 6.16. The Morgan fingerprint density at radius 3 is 2.87 bits per heavy atom. The number of halogens is 1. The molecule has 0 saturated carbocycles. The molecule has 3 N–H and O–H groups in total. The number of ether oxygens (including phenoxy) is 1. The van der Waals surface area contributed by atoms with E-state index in [0.717, 1.165) is 5.56 Å². The predicted octanol–water partition coefficient (Wildman–Crippen LogP) is 2.15. The first-order valence-electron chi connectivity index (χ1n) is 9.73. The van der Waals surface area contributed by atoms with Gasteiger partial charge in [0.1, 0.15) is 11.9 Å². The van der Waals surface area contributed by atoms with Crippen LogP contribution < -0.4 is 25.8 Å². The van der Waals surface area contributed by atoms with E-state index in [1.807, 2.05) is 30.3 Å². The maximum absolute atomic E-state index is 13.2. The van der Waals surface area contributed by atoms with E-state index in [1.54, 1.807) is 30.2 Å². The molecule has 2 aliphatic rings. The summed E-state index contributed by atoms with van der Waals surface area (Å²) in [7, 11) is 1.59. The number of hydrogen-bond donors (Lipinski definition) is 3. The van der Waals surface area contributed by atoms with Crippen LogP contribution in [-0.2, 0) is 16.1 Å². The standard InChI is InChI=1S/C21H22ClN5O3S/c1-30-16-7-5-15(6-8-16)27-20(29)17-11-24-26-19(17)25-21(27)31-12-18(28)23-10-13-3-2-4-14(22)9-13/h2-9,17,19,24,26H,10-12H2,1H3,(H,23,28). The van der Waals surface area contributed by atoms with Crippen LogP contribution in [0.2, 0.25) is 5.02 Å². The quantitative estimate of drug-likeness (QED) is 0.612. The molecule has 2 heterocycles. The fourth-order valence-corrected chi connectivity index (χ4v) is 4.45. The van der Waals surface area contributed by atoms with Crippen molar-refractivity contribution in [1.82, 2.24) is 16.2 Å². The second-order valence-corrected chi connectivity index (χ2v) is 8.43. The molecule has 2 aromatic rings. The molecule has 2 aromatic carbocycles. The fourth-order valence-electron chi connectivity index (χ4n) is 3.37. The minimum atomic E-state index is -0.348. The molecule has 0 radical (unpaired) electrons. The summed E-state index contributed by atoms with van der Waals surface area (Å²) in [5.41, 5.74) is 7.61. The number of anilines is 1. The second kappa shape index (κ2) is 9.69. The van der Waals surface area contributed by atoms with E-state index in [0.29, 0.717) is 34.7 Å². The molecular formula is C21H22ClN5O3S. The van der Waals surface area contributed by atoms with Crippen LogP contribution in [-0.4, -0.2) is 42.6 Å². The molecule has 2 unspecified atom stereocenters. The molecule has 10 heteroatoms. The Morgan fingerprint density at radius 1 is 1.32 bits per heavy atom. The van der Waals surface area contributed by atoms with Crippen molar-refractivity contribution in [2.24, 2.45) is 10.9 Å². The number of amidine groups is 1. The summed E-state index contributed by atoms with van der Waals surface area (Å²) in [5, 5.41) is 3.97. The van der Waals surface area contributed by atoms with Crippen molar-refractivity contribution in [2.45, 2.75) is 12.7 Å². The van der Waals surface area contributed by atoms with E-state index in [4.69, 9.17) is 16.3 Å². The number of benzene rings is 2. The van der Waals surface area contributed by atoms with Crippen molar-refractivity contribution >= 4 is 46.0 Å². The third kappa shape index (κ3) is 5.01. The SMILES string of the molecule is COc1ccc(N2C(=O)C3CNNC3N=C2SCC(=O)NCc2cccc(Cl)c2)cc1. The van der Waals surface area contributed by atoms with Crippen LogP contribution in [0.3, 0.4) is 0 Å². The highest BCUT2D eigenvalue weighted by molar-refractivity contribution is 8.14. The first-order chi connectivity index (χ1) is 15.0. The highest BCUT2D eigenvalue weighted by atomic mass is 35.5. The first-order valence-corrected chi connectivity index (χ1v) is 11.1. The van der Waals surface area contributed by atoms with Crippen molar-refractivity contribution in [2.75, 3.05) is 24.3 Å². The Hall–Kier alpha value is -2.59. The largest absolute Gasteiger partial charge is 0.497 e. The zero-order chi connectivity index (χ0) is 21.8. The summed E-state index contributed by atoms with van der Waals surface area (Å²) in [5.74, 6) is 0.299. The van der Waals surface area contributed by atoms with Gasteiger partial charge in [-0.25, -0.2) is 10.4 Å². The lowest BCUT2D eigenvalue weighted by atomic mass is 10.0. The molecule has 2 amide bonds. The van der Waals surface area contributed by atoms with Crippen LogP contribution in [0.5, 0.6) is 5.75 Å². The predicted molar refractivity (Wildman–Crippen MR) is 122 cm³/mol. The monoisotopic (exact) mass is 459 g/mol. The second-order valence-electron chi connectivity index (χ2n) is 7.06. The number of carbonyl (C=O) groups is 2. The highest BCUT2D eigenvalue weighted by Gasteiger charge is 2.42. The third-order valence-electron chi connectivity index (χ3n) is 4.97. The number of hydrogen-bond acceptors (Lipinski definition) is 7. The lowest BCUT2D eigenvalue weighted by Gasteiger charge is -2.32. The molecule has 0 bridgehead atoms. The van der Waals surface area contributed by atoms with Gasteiger partial charge in [0.15, 0.2) is 5.17 Å². The minimum Gasteiger partial charge on any atom is -0.497 e. The molecule has 0 spiro atoms. The van der Waals surface area contributed by atoms with Crippen molar-refractivity contribution in [3.05, 3.63) is 59.1 Å².